The van der Waals surface area contributed by atoms with Crippen LogP contribution in [0.3, 0.4) is 0 Å². The van der Waals surface area contributed by atoms with Crippen LogP contribution in [0, 0.1) is 11.8 Å². The van der Waals surface area contributed by atoms with Crippen LogP contribution in [0.2, 0.25) is 0 Å². The molecule has 3 heterocycles. The number of likely N-dealkylation sites (tertiary alicyclic amines) is 1. The quantitative estimate of drug-likeness (QED) is 0.419. The summed E-state index contributed by atoms with van der Waals surface area (Å²) >= 11 is 1.72. The first kappa shape index (κ1) is 23.6. The fraction of sp³-hybridized carbons (Fsp3) is 0.440. The highest BCUT2D eigenvalue weighted by atomic mass is 32.2. The number of furan rings is 1. The number of carbonyl (C=O) groups is 1. The molecule has 1 aromatic carbocycles. The summed E-state index contributed by atoms with van der Waals surface area (Å²) in [6.07, 6.45) is 6.42. The van der Waals surface area contributed by atoms with E-state index in [2.05, 4.69) is 9.88 Å². The molecule has 4 rings (SSSR count). The highest BCUT2D eigenvalue weighted by Crippen LogP contribution is 2.34. The van der Waals surface area contributed by atoms with Gasteiger partial charge in [0, 0.05) is 35.3 Å². The lowest BCUT2D eigenvalue weighted by atomic mass is 9.81. The molecule has 1 aliphatic heterocycles. The Morgan fingerprint density at radius 3 is 3.00 bits per heavy atom. The molecule has 1 aliphatic rings. The molecule has 0 bridgehead atoms. The molecule has 176 valence electrons. The lowest BCUT2D eigenvalue weighted by Crippen LogP contribution is -2.44. The van der Waals surface area contributed by atoms with Gasteiger partial charge in [-0.1, -0.05) is 0 Å². The first-order valence-corrected chi connectivity index (χ1v) is 12.2. The number of benzene rings is 1. The van der Waals surface area contributed by atoms with E-state index in [0.717, 1.165) is 46.6 Å². The van der Waals surface area contributed by atoms with Gasteiger partial charge in [-0.15, -0.1) is 11.8 Å². The molecule has 0 amide bonds. The predicted octanol–water partition coefficient (Wildman–Crippen LogP) is 4.47. The van der Waals surface area contributed by atoms with Crippen molar-refractivity contribution in [3.63, 3.8) is 0 Å². The topological polar surface area (TPSA) is 96.0 Å². The molecule has 0 aliphatic carbocycles. The molecule has 33 heavy (non-hydrogen) atoms. The predicted molar refractivity (Wildman–Crippen MR) is 128 cm³/mol. The molecule has 0 saturated carbocycles. The molecule has 0 spiro atoms. The van der Waals surface area contributed by atoms with Crippen LogP contribution in [0.5, 0.6) is 5.75 Å². The first-order valence-electron chi connectivity index (χ1n) is 11.3. The van der Waals surface area contributed by atoms with E-state index in [1.165, 1.54) is 0 Å². The van der Waals surface area contributed by atoms with E-state index < -0.39 is 18.0 Å². The zero-order valence-electron chi connectivity index (χ0n) is 18.7. The SMILES string of the molecule is COc1ccc2nccc([C@@H](O)CC[C@@H]3CCN(CCSc4ccoc4)C[C@@H]3C(=O)O)c2c1. The minimum absolute atomic E-state index is 0.0533. The van der Waals surface area contributed by atoms with Gasteiger partial charge in [-0.2, -0.15) is 0 Å². The van der Waals surface area contributed by atoms with Crippen molar-refractivity contribution < 1.29 is 24.2 Å². The first-order chi connectivity index (χ1) is 16.0. The number of aliphatic carboxylic acids is 1. The van der Waals surface area contributed by atoms with Crippen LogP contribution < -0.4 is 4.74 Å². The highest BCUT2D eigenvalue weighted by Gasteiger charge is 2.34. The number of aromatic nitrogens is 1. The standard InChI is InChI=1S/C25H30N2O5S/c1-31-18-3-4-23-21(14-18)20(6-9-26-23)24(28)5-2-17-7-10-27(15-22(17)25(29)30)11-13-33-19-8-12-32-16-19/h3-4,6,8-9,12,14,16-17,22,24,28H,2,5,7,10-11,13,15H2,1H3,(H,29,30)/t17-,22+,24+/m1/s1. The number of piperidine rings is 1. The maximum atomic E-state index is 12.0. The average Bonchev–Trinajstić information content (AvgIpc) is 3.35. The van der Waals surface area contributed by atoms with E-state index in [9.17, 15) is 15.0 Å². The second-order valence-corrected chi connectivity index (χ2v) is 9.65. The second-order valence-electron chi connectivity index (χ2n) is 8.48. The van der Waals surface area contributed by atoms with Crippen molar-refractivity contribution >= 4 is 28.6 Å². The van der Waals surface area contributed by atoms with Gasteiger partial charge in [-0.05, 0) is 67.6 Å². The summed E-state index contributed by atoms with van der Waals surface area (Å²) in [7, 11) is 1.61. The monoisotopic (exact) mass is 470 g/mol. The van der Waals surface area contributed by atoms with E-state index in [0.29, 0.717) is 25.1 Å². The second kappa shape index (κ2) is 11.0. The maximum absolute atomic E-state index is 12.0. The molecular weight excluding hydrogens is 440 g/mol. The van der Waals surface area contributed by atoms with Crippen molar-refractivity contribution in [1.82, 2.24) is 9.88 Å². The molecule has 1 fully saturated rings. The highest BCUT2D eigenvalue weighted by molar-refractivity contribution is 7.99. The number of fused-ring (bicyclic) bond motifs is 1. The largest absolute Gasteiger partial charge is 0.497 e. The molecule has 0 radical (unpaired) electrons. The summed E-state index contributed by atoms with van der Waals surface area (Å²) in [5, 5.41) is 21.7. The Labute approximate surface area is 197 Å². The van der Waals surface area contributed by atoms with Crippen LogP contribution in [0.25, 0.3) is 10.9 Å². The molecule has 8 heteroatoms. The minimum atomic E-state index is -0.749. The number of carboxylic acid groups (broad SMARTS) is 1. The zero-order valence-corrected chi connectivity index (χ0v) is 19.5. The fourth-order valence-electron chi connectivity index (χ4n) is 4.61. The number of hydrogen-bond donors (Lipinski definition) is 2. The molecule has 7 nitrogen and oxygen atoms in total. The Kier molecular flexibility index (Phi) is 7.90. The van der Waals surface area contributed by atoms with Gasteiger partial charge in [0.2, 0.25) is 0 Å². The van der Waals surface area contributed by atoms with E-state index in [1.54, 1.807) is 37.6 Å². The summed E-state index contributed by atoms with van der Waals surface area (Å²) in [6.45, 7) is 2.28. The van der Waals surface area contributed by atoms with Gasteiger partial charge in [0.25, 0.3) is 0 Å². The van der Waals surface area contributed by atoms with E-state index in [-0.39, 0.29) is 5.92 Å². The van der Waals surface area contributed by atoms with Crippen molar-refractivity contribution in [2.75, 3.05) is 32.5 Å². The molecule has 3 aromatic rings. The fourth-order valence-corrected chi connectivity index (χ4v) is 5.48. The van der Waals surface area contributed by atoms with Gasteiger partial charge in [0.1, 0.15) is 12.0 Å². The summed E-state index contributed by atoms with van der Waals surface area (Å²) < 4.78 is 10.4. The lowest BCUT2D eigenvalue weighted by Gasteiger charge is -2.36. The van der Waals surface area contributed by atoms with Crippen molar-refractivity contribution in [2.24, 2.45) is 11.8 Å². The molecule has 2 aromatic heterocycles. The number of methoxy groups -OCH3 is 1. The summed E-state index contributed by atoms with van der Waals surface area (Å²) in [5.74, 6) is 0.499. The van der Waals surface area contributed by atoms with Crippen LogP contribution in [0.4, 0.5) is 0 Å². The van der Waals surface area contributed by atoms with Crippen LogP contribution in [0.15, 0.2) is 58.4 Å². The Morgan fingerprint density at radius 2 is 2.24 bits per heavy atom. The third-order valence-electron chi connectivity index (χ3n) is 6.48. The van der Waals surface area contributed by atoms with Gasteiger partial charge in [0.05, 0.1) is 30.9 Å². The van der Waals surface area contributed by atoms with E-state index in [4.69, 9.17) is 9.15 Å². The number of thioether (sulfide) groups is 1. The number of ether oxygens (including phenoxy) is 1. The molecular formula is C25H30N2O5S. The molecule has 0 unspecified atom stereocenters. The van der Waals surface area contributed by atoms with E-state index >= 15 is 0 Å². The number of hydrogen-bond acceptors (Lipinski definition) is 7. The van der Waals surface area contributed by atoms with Gasteiger partial charge < -0.3 is 24.3 Å². The Hall–Kier alpha value is -2.55. The lowest BCUT2D eigenvalue weighted by molar-refractivity contribution is -0.146. The summed E-state index contributed by atoms with van der Waals surface area (Å²) in [5.41, 5.74) is 1.61. The van der Waals surface area contributed by atoms with Gasteiger partial charge >= 0.3 is 5.97 Å². The summed E-state index contributed by atoms with van der Waals surface area (Å²) in [4.78, 5) is 19.7. The van der Waals surface area contributed by atoms with Crippen molar-refractivity contribution in [3.05, 3.63) is 54.6 Å². The van der Waals surface area contributed by atoms with Crippen LogP contribution in [-0.4, -0.2) is 58.6 Å². The Balaban J connectivity index is 1.34. The van der Waals surface area contributed by atoms with Crippen molar-refractivity contribution in [2.45, 2.75) is 30.3 Å². The van der Waals surface area contributed by atoms with Gasteiger partial charge in [-0.25, -0.2) is 0 Å². The summed E-state index contributed by atoms with van der Waals surface area (Å²) in [6, 6.07) is 9.39. The zero-order chi connectivity index (χ0) is 23.2. The number of carboxylic acids is 1. The van der Waals surface area contributed by atoms with Crippen LogP contribution in [-0.2, 0) is 4.79 Å². The van der Waals surface area contributed by atoms with Gasteiger partial charge in [0.15, 0.2) is 0 Å². The third-order valence-corrected chi connectivity index (χ3v) is 7.43. The Bertz CT molecular complexity index is 1060. The third kappa shape index (κ3) is 5.88. The molecule has 3 atom stereocenters. The minimum Gasteiger partial charge on any atom is -0.497 e. The average molecular weight is 471 g/mol. The smallest absolute Gasteiger partial charge is 0.308 e. The number of nitrogens with zero attached hydrogens (tertiary/aromatic N) is 2. The Morgan fingerprint density at radius 1 is 1.36 bits per heavy atom. The van der Waals surface area contributed by atoms with Crippen LogP contribution in [0.1, 0.15) is 30.9 Å². The number of aliphatic hydroxyl groups is 1. The maximum Gasteiger partial charge on any atom is 0.308 e. The van der Waals surface area contributed by atoms with Crippen LogP contribution >= 0.6 is 11.8 Å². The van der Waals surface area contributed by atoms with Gasteiger partial charge in [-0.3, -0.25) is 9.78 Å². The van der Waals surface area contributed by atoms with Crippen molar-refractivity contribution in [3.8, 4) is 5.75 Å². The molecule has 2 N–H and O–H groups in total. The molecule has 1 saturated heterocycles. The number of pyridine rings is 1. The number of rotatable bonds is 10. The van der Waals surface area contributed by atoms with Crippen molar-refractivity contribution in [1.29, 1.82) is 0 Å². The number of aliphatic hydroxyl groups excluding tert-OH is 1. The normalized spacial score (nSPS) is 20.1. The van der Waals surface area contributed by atoms with E-state index in [1.807, 2.05) is 30.3 Å².